The van der Waals surface area contributed by atoms with Crippen molar-refractivity contribution in [3.63, 3.8) is 0 Å². The summed E-state index contributed by atoms with van der Waals surface area (Å²) in [4.78, 5) is 36.5. The number of carboxylic acids is 1. The highest BCUT2D eigenvalue weighted by atomic mass is 16.6. The van der Waals surface area contributed by atoms with E-state index in [0.29, 0.717) is 12.8 Å². The topological polar surface area (TPSA) is 102 Å². The third kappa shape index (κ3) is 32.4. The van der Waals surface area contributed by atoms with Gasteiger partial charge in [-0.3, -0.25) is 9.59 Å². The molecule has 0 amide bonds. The standard InChI is InChI=1S/C44H71NO7/c1-6-8-10-12-14-15-16-17-18-19-20-21-22-23-24-25-26-27-29-30-32-34-42(46)51-39-40(38-50-37-36-41(44(48)49)45(3,4)5)52-43(47)35-33-31-28-13-11-9-7-2/h9,11,14-15,17-18,20-21,23-24,26-28,31,40-41H,6-8,10,12-13,16,19,22,25,29-30,32-39H2,1-5H3/b11-9+,15-14+,18-17+,21-20+,24-23+,27-26+,31-28+. The first kappa shape index (κ1) is 48.5. The van der Waals surface area contributed by atoms with Gasteiger partial charge in [-0.2, -0.15) is 0 Å². The Labute approximate surface area is 316 Å². The summed E-state index contributed by atoms with van der Waals surface area (Å²) in [5.41, 5.74) is 0. The van der Waals surface area contributed by atoms with Crippen LogP contribution in [-0.2, 0) is 28.6 Å². The zero-order valence-corrected chi connectivity index (χ0v) is 33.2. The van der Waals surface area contributed by atoms with Crippen LogP contribution < -0.4 is 5.11 Å². The molecule has 2 unspecified atom stereocenters. The van der Waals surface area contributed by atoms with E-state index in [1.54, 1.807) is 21.1 Å². The van der Waals surface area contributed by atoms with Crippen LogP contribution in [0.1, 0.15) is 123 Å². The first-order valence-corrected chi connectivity index (χ1v) is 19.6. The average Bonchev–Trinajstić information content (AvgIpc) is 3.09. The molecule has 0 aliphatic carbocycles. The Kier molecular flexibility index (Phi) is 32.3. The lowest BCUT2D eigenvalue weighted by atomic mass is 10.1. The lowest BCUT2D eigenvalue weighted by Crippen LogP contribution is -2.55. The summed E-state index contributed by atoms with van der Waals surface area (Å²) < 4.78 is 16.9. The highest BCUT2D eigenvalue weighted by Crippen LogP contribution is 2.10. The van der Waals surface area contributed by atoms with E-state index in [0.717, 1.165) is 51.4 Å². The molecule has 0 spiro atoms. The minimum Gasteiger partial charge on any atom is -0.544 e. The molecule has 0 saturated carbocycles. The Hall–Kier alpha value is -3.49. The zero-order valence-electron chi connectivity index (χ0n) is 33.2. The van der Waals surface area contributed by atoms with Crippen molar-refractivity contribution in [2.24, 2.45) is 0 Å². The van der Waals surface area contributed by atoms with Gasteiger partial charge in [0.1, 0.15) is 12.6 Å². The number of hydrogen-bond donors (Lipinski definition) is 0. The molecule has 294 valence electrons. The predicted molar refractivity (Wildman–Crippen MR) is 212 cm³/mol. The van der Waals surface area contributed by atoms with Gasteiger partial charge in [0.05, 0.1) is 40.3 Å². The predicted octanol–water partition coefficient (Wildman–Crippen LogP) is 8.85. The first-order valence-electron chi connectivity index (χ1n) is 19.6. The summed E-state index contributed by atoms with van der Waals surface area (Å²) >= 11 is 0. The van der Waals surface area contributed by atoms with E-state index in [1.165, 1.54) is 25.7 Å². The molecule has 0 fully saturated rings. The number of hydrogen-bond acceptors (Lipinski definition) is 7. The number of likely N-dealkylation sites (N-methyl/N-ethyl adjacent to an activating group) is 1. The highest BCUT2D eigenvalue weighted by Gasteiger charge is 2.25. The number of carbonyl (C=O) groups excluding carboxylic acids is 3. The molecule has 0 N–H and O–H groups in total. The molecule has 0 aliphatic heterocycles. The van der Waals surface area contributed by atoms with Gasteiger partial charge in [-0.05, 0) is 77.0 Å². The van der Waals surface area contributed by atoms with Gasteiger partial charge in [0.2, 0.25) is 0 Å². The second-order valence-corrected chi connectivity index (χ2v) is 13.8. The van der Waals surface area contributed by atoms with Crippen LogP contribution in [0.5, 0.6) is 0 Å². The Morgan fingerprint density at radius 3 is 1.60 bits per heavy atom. The molecule has 0 aromatic heterocycles. The van der Waals surface area contributed by atoms with Gasteiger partial charge in [-0.25, -0.2) is 0 Å². The van der Waals surface area contributed by atoms with Crippen molar-refractivity contribution < 1.29 is 38.2 Å². The lowest BCUT2D eigenvalue weighted by molar-refractivity contribution is -0.889. The zero-order chi connectivity index (χ0) is 38.5. The molecule has 0 aliphatic rings. The third-order valence-electron chi connectivity index (χ3n) is 8.03. The van der Waals surface area contributed by atoms with Crippen molar-refractivity contribution in [1.29, 1.82) is 0 Å². The number of allylic oxidation sites excluding steroid dienone is 14. The maximum atomic E-state index is 12.5. The van der Waals surface area contributed by atoms with Gasteiger partial charge in [0.15, 0.2) is 6.10 Å². The van der Waals surface area contributed by atoms with Crippen LogP contribution in [0, 0.1) is 0 Å². The number of ether oxygens (including phenoxy) is 3. The molecule has 8 nitrogen and oxygen atoms in total. The highest BCUT2D eigenvalue weighted by molar-refractivity contribution is 5.70. The molecular weight excluding hydrogens is 654 g/mol. The van der Waals surface area contributed by atoms with Crippen LogP contribution in [0.15, 0.2) is 85.1 Å². The van der Waals surface area contributed by atoms with E-state index in [1.807, 2.05) is 12.2 Å². The van der Waals surface area contributed by atoms with E-state index in [4.69, 9.17) is 14.2 Å². The molecule has 52 heavy (non-hydrogen) atoms. The van der Waals surface area contributed by atoms with Crippen molar-refractivity contribution in [2.45, 2.75) is 135 Å². The minimum atomic E-state index is -1.15. The molecule has 0 aromatic rings. The Balaban J connectivity index is 4.40. The summed E-state index contributed by atoms with van der Waals surface area (Å²) in [5.74, 6) is -1.90. The number of nitrogens with zero attached hydrogens (tertiary/aromatic N) is 1. The van der Waals surface area contributed by atoms with Gasteiger partial charge >= 0.3 is 11.9 Å². The number of rotatable bonds is 33. The smallest absolute Gasteiger partial charge is 0.306 e. The van der Waals surface area contributed by atoms with Crippen LogP contribution in [0.25, 0.3) is 0 Å². The number of aliphatic carboxylic acids is 1. The summed E-state index contributed by atoms with van der Waals surface area (Å²) in [5, 5.41) is 11.5. The number of unbranched alkanes of at least 4 members (excludes halogenated alkanes) is 5. The SMILES string of the molecule is CC/C=C/C/C=C/CCC(=O)OC(COCCC(C(=O)[O-])[N+](C)(C)C)COC(=O)CCCC/C=C/C/C=C/C/C=C/C/C=C/C/C=C/CCCCC. The molecule has 2 atom stereocenters. The lowest BCUT2D eigenvalue weighted by Gasteiger charge is -2.34. The molecule has 0 bridgehead atoms. The van der Waals surface area contributed by atoms with Crippen LogP contribution >= 0.6 is 0 Å². The van der Waals surface area contributed by atoms with Crippen molar-refractivity contribution in [1.82, 2.24) is 0 Å². The van der Waals surface area contributed by atoms with E-state index < -0.39 is 24.1 Å². The van der Waals surface area contributed by atoms with Gasteiger partial charge in [0.25, 0.3) is 0 Å². The van der Waals surface area contributed by atoms with Gasteiger partial charge < -0.3 is 28.6 Å². The Bertz CT molecular complexity index is 1120. The summed E-state index contributed by atoms with van der Waals surface area (Å²) in [7, 11) is 5.34. The largest absolute Gasteiger partial charge is 0.544 e. The van der Waals surface area contributed by atoms with Gasteiger partial charge in [0, 0.05) is 19.3 Å². The van der Waals surface area contributed by atoms with Crippen LogP contribution in [0.2, 0.25) is 0 Å². The second kappa shape index (κ2) is 34.6. The van der Waals surface area contributed by atoms with Crippen LogP contribution in [0.4, 0.5) is 0 Å². The Morgan fingerprint density at radius 1 is 0.596 bits per heavy atom. The number of carbonyl (C=O) groups is 3. The molecule has 0 saturated heterocycles. The molecule has 0 aromatic carbocycles. The Morgan fingerprint density at radius 2 is 1.10 bits per heavy atom. The molecule has 0 rings (SSSR count). The fourth-order valence-electron chi connectivity index (χ4n) is 4.97. The van der Waals surface area contributed by atoms with Crippen LogP contribution in [-0.4, -0.2) is 75.5 Å². The number of quaternary nitrogens is 1. The second-order valence-electron chi connectivity index (χ2n) is 13.8. The van der Waals surface area contributed by atoms with E-state index >= 15 is 0 Å². The van der Waals surface area contributed by atoms with Crippen molar-refractivity contribution in [2.75, 3.05) is 41.0 Å². The minimum absolute atomic E-state index is 0.00217. The maximum absolute atomic E-state index is 12.5. The molecule has 0 radical (unpaired) electrons. The van der Waals surface area contributed by atoms with Crippen LogP contribution in [0.3, 0.4) is 0 Å². The molecule has 0 heterocycles. The molecular formula is C44H71NO7. The van der Waals surface area contributed by atoms with E-state index in [2.05, 4.69) is 86.8 Å². The number of esters is 2. The third-order valence-corrected chi connectivity index (χ3v) is 8.03. The summed E-state index contributed by atoms with van der Waals surface area (Å²) in [6.45, 7) is 4.33. The quantitative estimate of drug-likeness (QED) is 0.0288. The summed E-state index contributed by atoms with van der Waals surface area (Å²) in [6.07, 6.45) is 43.7. The van der Waals surface area contributed by atoms with Crippen molar-refractivity contribution in [3.8, 4) is 0 Å². The van der Waals surface area contributed by atoms with Gasteiger partial charge in [-0.15, -0.1) is 0 Å². The van der Waals surface area contributed by atoms with Gasteiger partial charge in [-0.1, -0.05) is 112 Å². The van der Waals surface area contributed by atoms with Crippen molar-refractivity contribution in [3.05, 3.63) is 85.1 Å². The average molecular weight is 726 g/mol. The van der Waals surface area contributed by atoms with Crippen molar-refractivity contribution >= 4 is 17.9 Å². The number of carboxylic acid groups (broad SMARTS) is 1. The maximum Gasteiger partial charge on any atom is 0.306 e. The fourth-order valence-corrected chi connectivity index (χ4v) is 4.97. The monoisotopic (exact) mass is 726 g/mol. The molecule has 8 heteroatoms. The normalized spacial score (nSPS) is 13.9. The first-order chi connectivity index (χ1) is 25.1. The van der Waals surface area contributed by atoms with E-state index in [-0.39, 0.29) is 49.5 Å². The van der Waals surface area contributed by atoms with E-state index in [9.17, 15) is 19.5 Å². The fraction of sp³-hybridized carbons (Fsp3) is 0.614. The summed E-state index contributed by atoms with van der Waals surface area (Å²) in [6, 6.07) is -0.744.